The smallest absolute Gasteiger partial charge is 0.410 e. The molecule has 0 aromatic heterocycles. The van der Waals surface area contributed by atoms with Crippen molar-refractivity contribution in [2.75, 3.05) is 27.4 Å². The molecule has 1 saturated heterocycles. The van der Waals surface area contributed by atoms with Crippen molar-refractivity contribution in [3.8, 4) is 0 Å². The summed E-state index contributed by atoms with van der Waals surface area (Å²) in [5.41, 5.74) is -0.656. The molecular formula is C18H32N2O6. The van der Waals surface area contributed by atoms with Crippen molar-refractivity contribution in [1.82, 2.24) is 10.2 Å². The molecule has 0 unspecified atom stereocenters. The van der Waals surface area contributed by atoms with Gasteiger partial charge in [-0.1, -0.05) is 6.92 Å². The normalized spacial score (nSPS) is 17.8. The number of methoxy groups -OCH3 is 1. The van der Waals surface area contributed by atoms with E-state index < -0.39 is 35.7 Å². The second-order valence-electron chi connectivity index (χ2n) is 7.47. The molecule has 1 aliphatic heterocycles. The number of ether oxygens (including phenoxy) is 3. The summed E-state index contributed by atoms with van der Waals surface area (Å²) in [6, 6.07) is -1.49. The van der Waals surface area contributed by atoms with Gasteiger partial charge in [0.2, 0.25) is 5.91 Å². The first-order chi connectivity index (χ1) is 12.1. The highest BCUT2D eigenvalue weighted by Gasteiger charge is 2.36. The summed E-state index contributed by atoms with van der Waals surface area (Å²) in [5.74, 6) is -0.938. The van der Waals surface area contributed by atoms with Gasteiger partial charge < -0.3 is 19.5 Å². The van der Waals surface area contributed by atoms with E-state index in [0.29, 0.717) is 32.5 Å². The zero-order valence-electron chi connectivity index (χ0n) is 16.7. The minimum absolute atomic E-state index is 0.0514. The van der Waals surface area contributed by atoms with Crippen molar-refractivity contribution >= 4 is 18.0 Å². The van der Waals surface area contributed by atoms with Crippen molar-refractivity contribution in [1.29, 1.82) is 0 Å². The third-order valence-corrected chi connectivity index (χ3v) is 4.33. The lowest BCUT2D eigenvalue weighted by Gasteiger charge is -2.33. The lowest BCUT2D eigenvalue weighted by atomic mass is 9.91. The maximum Gasteiger partial charge on any atom is 0.410 e. The lowest BCUT2D eigenvalue weighted by Crippen LogP contribution is -2.55. The molecule has 8 heteroatoms. The van der Waals surface area contributed by atoms with Crippen LogP contribution in [0.4, 0.5) is 4.79 Å². The van der Waals surface area contributed by atoms with Crippen LogP contribution in [-0.4, -0.2) is 67.9 Å². The molecule has 0 saturated carbocycles. The van der Waals surface area contributed by atoms with Gasteiger partial charge in [0.05, 0.1) is 7.11 Å². The van der Waals surface area contributed by atoms with Crippen molar-refractivity contribution in [3.63, 3.8) is 0 Å². The predicted octanol–water partition coefficient (Wildman–Crippen LogP) is 1.72. The summed E-state index contributed by atoms with van der Waals surface area (Å²) in [4.78, 5) is 38.4. The molecule has 0 aromatic rings. The summed E-state index contributed by atoms with van der Waals surface area (Å²) in [5, 5.41) is 2.77. The standard InChI is InChI=1S/C18H32N2O6/c1-7-13(20(5)17(23)26-18(2,3)4)15(21)19-14(16(22)24-6)12-8-10-25-11-9-12/h12-14H,7-11H2,1-6H3,(H,19,21)/t13-,14-/m0/s1. The van der Waals surface area contributed by atoms with Gasteiger partial charge in [-0.2, -0.15) is 0 Å². The number of nitrogens with one attached hydrogen (secondary N) is 1. The molecule has 1 N–H and O–H groups in total. The number of nitrogens with zero attached hydrogens (tertiary/aromatic N) is 1. The Kier molecular flexibility index (Phi) is 8.33. The summed E-state index contributed by atoms with van der Waals surface area (Å²) in [6.07, 6.45) is 1.14. The quantitative estimate of drug-likeness (QED) is 0.714. The Balaban J connectivity index is 2.83. The van der Waals surface area contributed by atoms with E-state index in [1.54, 1.807) is 27.7 Å². The van der Waals surface area contributed by atoms with Gasteiger partial charge in [-0.05, 0) is 46.0 Å². The van der Waals surface area contributed by atoms with E-state index in [4.69, 9.17) is 14.2 Å². The van der Waals surface area contributed by atoms with Gasteiger partial charge in [-0.3, -0.25) is 9.69 Å². The van der Waals surface area contributed by atoms with Crippen LogP contribution >= 0.6 is 0 Å². The van der Waals surface area contributed by atoms with Crippen LogP contribution < -0.4 is 5.32 Å². The van der Waals surface area contributed by atoms with E-state index in [2.05, 4.69) is 5.32 Å². The number of esters is 1. The molecule has 1 heterocycles. The van der Waals surface area contributed by atoms with E-state index in [-0.39, 0.29) is 5.92 Å². The zero-order valence-corrected chi connectivity index (χ0v) is 16.7. The second kappa shape index (κ2) is 9.75. The van der Waals surface area contributed by atoms with Crippen molar-refractivity contribution in [2.45, 2.75) is 64.6 Å². The molecule has 1 fully saturated rings. The van der Waals surface area contributed by atoms with Crippen LogP contribution in [0.25, 0.3) is 0 Å². The predicted molar refractivity (Wildman–Crippen MR) is 95.6 cm³/mol. The third kappa shape index (κ3) is 6.48. The number of rotatable bonds is 6. The van der Waals surface area contributed by atoms with Gasteiger partial charge in [0, 0.05) is 20.3 Å². The highest BCUT2D eigenvalue weighted by Crippen LogP contribution is 2.20. The van der Waals surface area contributed by atoms with Crippen molar-refractivity contribution in [2.24, 2.45) is 5.92 Å². The third-order valence-electron chi connectivity index (χ3n) is 4.33. The highest BCUT2D eigenvalue weighted by molar-refractivity contribution is 5.89. The molecule has 0 radical (unpaired) electrons. The fraction of sp³-hybridized carbons (Fsp3) is 0.833. The Hall–Kier alpha value is -1.83. The van der Waals surface area contributed by atoms with Gasteiger partial charge >= 0.3 is 12.1 Å². The number of hydrogen-bond acceptors (Lipinski definition) is 6. The molecular weight excluding hydrogens is 340 g/mol. The van der Waals surface area contributed by atoms with Gasteiger partial charge in [0.25, 0.3) is 0 Å². The van der Waals surface area contributed by atoms with E-state index in [1.807, 2.05) is 0 Å². The first-order valence-corrected chi connectivity index (χ1v) is 9.02. The summed E-state index contributed by atoms with van der Waals surface area (Å²) < 4.78 is 15.5. The fourth-order valence-corrected chi connectivity index (χ4v) is 2.89. The summed E-state index contributed by atoms with van der Waals surface area (Å²) in [7, 11) is 2.81. The van der Waals surface area contributed by atoms with E-state index in [9.17, 15) is 14.4 Å². The van der Waals surface area contributed by atoms with Crippen LogP contribution in [0.2, 0.25) is 0 Å². The Morgan fingerprint density at radius 3 is 2.27 bits per heavy atom. The van der Waals surface area contributed by atoms with Gasteiger partial charge in [-0.25, -0.2) is 9.59 Å². The van der Waals surface area contributed by atoms with E-state index in [1.165, 1.54) is 19.1 Å². The largest absolute Gasteiger partial charge is 0.467 e. The van der Waals surface area contributed by atoms with Gasteiger partial charge in [0.1, 0.15) is 17.7 Å². The maximum absolute atomic E-state index is 12.8. The molecule has 1 rings (SSSR count). The average molecular weight is 372 g/mol. The molecule has 150 valence electrons. The zero-order chi connectivity index (χ0) is 19.9. The fourth-order valence-electron chi connectivity index (χ4n) is 2.89. The van der Waals surface area contributed by atoms with Crippen molar-refractivity contribution in [3.05, 3.63) is 0 Å². The molecule has 2 atom stereocenters. The molecule has 0 aliphatic carbocycles. The first kappa shape index (κ1) is 22.2. The number of hydrogen-bond donors (Lipinski definition) is 1. The molecule has 2 amide bonds. The van der Waals surface area contributed by atoms with E-state index >= 15 is 0 Å². The molecule has 0 bridgehead atoms. The molecule has 1 aliphatic rings. The topological polar surface area (TPSA) is 94.2 Å². The Labute approximate surface area is 155 Å². The lowest BCUT2D eigenvalue weighted by molar-refractivity contribution is -0.148. The summed E-state index contributed by atoms with van der Waals surface area (Å²) >= 11 is 0. The van der Waals surface area contributed by atoms with Crippen LogP contribution in [-0.2, 0) is 23.8 Å². The average Bonchev–Trinajstić information content (AvgIpc) is 2.58. The number of carbonyl (C=O) groups is 3. The van der Waals surface area contributed by atoms with Crippen LogP contribution in [0.3, 0.4) is 0 Å². The van der Waals surface area contributed by atoms with Crippen LogP contribution in [0.1, 0.15) is 47.0 Å². The van der Waals surface area contributed by atoms with Gasteiger partial charge in [-0.15, -0.1) is 0 Å². The Bertz CT molecular complexity index is 496. The summed E-state index contributed by atoms with van der Waals surface area (Å²) in [6.45, 7) is 8.17. The first-order valence-electron chi connectivity index (χ1n) is 9.02. The van der Waals surface area contributed by atoms with Crippen LogP contribution in [0.15, 0.2) is 0 Å². The molecule has 0 spiro atoms. The maximum atomic E-state index is 12.8. The molecule has 0 aromatic carbocycles. The minimum Gasteiger partial charge on any atom is -0.467 e. The number of amides is 2. The Morgan fingerprint density at radius 1 is 1.23 bits per heavy atom. The van der Waals surface area contributed by atoms with Crippen LogP contribution in [0.5, 0.6) is 0 Å². The van der Waals surface area contributed by atoms with Crippen LogP contribution in [0, 0.1) is 5.92 Å². The van der Waals surface area contributed by atoms with E-state index in [0.717, 1.165) is 0 Å². The molecule has 26 heavy (non-hydrogen) atoms. The highest BCUT2D eigenvalue weighted by atomic mass is 16.6. The number of likely N-dealkylation sites (N-methyl/N-ethyl adjacent to an activating group) is 1. The Morgan fingerprint density at radius 2 is 1.81 bits per heavy atom. The van der Waals surface area contributed by atoms with Gasteiger partial charge in [0.15, 0.2) is 0 Å². The minimum atomic E-state index is -0.752. The molecule has 8 nitrogen and oxygen atoms in total. The SMILES string of the molecule is CC[C@@H](C(=O)N[C@H](C(=O)OC)C1CCOCC1)N(C)C(=O)OC(C)(C)C. The second-order valence-corrected chi connectivity index (χ2v) is 7.47. The number of carbonyl (C=O) groups excluding carboxylic acids is 3. The monoisotopic (exact) mass is 372 g/mol. The van der Waals surface area contributed by atoms with Crippen molar-refractivity contribution < 1.29 is 28.6 Å².